The summed E-state index contributed by atoms with van der Waals surface area (Å²) in [6, 6.07) is 5.62. The first-order valence-electron chi connectivity index (χ1n) is 7.20. The Kier molecular flexibility index (Phi) is 3.32. The van der Waals surface area contributed by atoms with Crippen molar-refractivity contribution in [1.29, 1.82) is 0 Å². The number of hydrogen-bond donors (Lipinski definition) is 2. The SMILES string of the molecule is COCc1cc(C)nc2sc3c(c12)NC(c1ccco1)NC3=O. The molecule has 1 aliphatic rings. The maximum absolute atomic E-state index is 12.5. The lowest BCUT2D eigenvalue weighted by molar-refractivity contribution is 0.0935. The van der Waals surface area contributed by atoms with Gasteiger partial charge in [0, 0.05) is 18.2 Å². The topological polar surface area (TPSA) is 76.4 Å². The lowest BCUT2D eigenvalue weighted by Crippen LogP contribution is -2.37. The van der Waals surface area contributed by atoms with E-state index in [-0.39, 0.29) is 12.1 Å². The zero-order chi connectivity index (χ0) is 16.0. The monoisotopic (exact) mass is 329 g/mol. The van der Waals surface area contributed by atoms with Crippen LogP contribution in [0.25, 0.3) is 10.2 Å². The Morgan fingerprint density at radius 1 is 1.43 bits per heavy atom. The van der Waals surface area contributed by atoms with Crippen molar-refractivity contribution in [2.45, 2.75) is 19.7 Å². The van der Waals surface area contributed by atoms with Gasteiger partial charge in [-0.3, -0.25) is 4.79 Å². The molecule has 0 fully saturated rings. The van der Waals surface area contributed by atoms with Gasteiger partial charge in [0.1, 0.15) is 15.5 Å². The first-order valence-corrected chi connectivity index (χ1v) is 8.02. The highest BCUT2D eigenvalue weighted by atomic mass is 32.1. The number of carbonyl (C=O) groups excluding carboxylic acids is 1. The second-order valence-corrected chi connectivity index (χ2v) is 6.41. The molecule has 6 nitrogen and oxygen atoms in total. The van der Waals surface area contributed by atoms with Crippen molar-refractivity contribution in [2.24, 2.45) is 0 Å². The van der Waals surface area contributed by atoms with Gasteiger partial charge in [-0.15, -0.1) is 11.3 Å². The number of aromatic nitrogens is 1. The van der Waals surface area contributed by atoms with Crippen LogP contribution in [0.2, 0.25) is 0 Å². The minimum absolute atomic E-state index is 0.121. The number of rotatable bonds is 3. The highest BCUT2D eigenvalue weighted by molar-refractivity contribution is 7.21. The number of carbonyl (C=O) groups is 1. The number of nitrogens with one attached hydrogen (secondary N) is 2. The van der Waals surface area contributed by atoms with Gasteiger partial charge in [0.15, 0.2) is 6.17 Å². The summed E-state index contributed by atoms with van der Waals surface area (Å²) in [6.07, 6.45) is 1.20. The first-order chi connectivity index (χ1) is 11.2. The van der Waals surface area contributed by atoms with Crippen LogP contribution < -0.4 is 10.6 Å². The summed E-state index contributed by atoms with van der Waals surface area (Å²) in [5.74, 6) is 0.542. The fourth-order valence-electron chi connectivity index (χ4n) is 2.85. The number of pyridine rings is 1. The molecule has 0 saturated carbocycles. The van der Waals surface area contributed by atoms with Crippen LogP contribution in [0.3, 0.4) is 0 Å². The molecule has 118 valence electrons. The lowest BCUT2D eigenvalue weighted by atomic mass is 10.1. The molecule has 1 atom stereocenters. The molecule has 4 rings (SSSR count). The van der Waals surface area contributed by atoms with Gasteiger partial charge in [-0.05, 0) is 30.7 Å². The molecular weight excluding hydrogens is 314 g/mol. The van der Waals surface area contributed by atoms with Crippen LogP contribution in [0.5, 0.6) is 0 Å². The normalized spacial score (nSPS) is 17.0. The third-order valence-electron chi connectivity index (χ3n) is 3.77. The summed E-state index contributed by atoms with van der Waals surface area (Å²) in [5.41, 5.74) is 2.73. The van der Waals surface area contributed by atoms with E-state index in [1.807, 2.05) is 19.1 Å². The minimum Gasteiger partial charge on any atom is -0.465 e. The van der Waals surface area contributed by atoms with Crippen LogP contribution in [-0.2, 0) is 11.3 Å². The third-order valence-corrected chi connectivity index (χ3v) is 4.85. The molecule has 2 N–H and O–H groups in total. The molecule has 1 unspecified atom stereocenters. The molecule has 0 radical (unpaired) electrons. The fraction of sp³-hybridized carbons (Fsp3) is 0.250. The van der Waals surface area contributed by atoms with Crippen molar-refractivity contribution in [2.75, 3.05) is 12.4 Å². The molecule has 0 saturated heterocycles. The van der Waals surface area contributed by atoms with E-state index in [1.165, 1.54) is 11.3 Å². The second kappa shape index (κ2) is 5.36. The highest BCUT2D eigenvalue weighted by Gasteiger charge is 2.31. The van der Waals surface area contributed by atoms with Gasteiger partial charge in [-0.2, -0.15) is 0 Å². The first kappa shape index (κ1) is 14.2. The lowest BCUT2D eigenvalue weighted by Gasteiger charge is -2.24. The molecular formula is C16H15N3O3S. The molecule has 0 aliphatic carbocycles. The molecule has 4 heterocycles. The molecule has 1 amide bonds. The molecule has 0 spiro atoms. The van der Waals surface area contributed by atoms with Crippen LogP contribution >= 0.6 is 11.3 Å². The average Bonchev–Trinajstić information content (AvgIpc) is 3.14. The van der Waals surface area contributed by atoms with Crippen LogP contribution in [0.4, 0.5) is 5.69 Å². The van der Waals surface area contributed by atoms with Crippen molar-refractivity contribution in [3.05, 3.63) is 46.4 Å². The quantitative estimate of drug-likeness (QED) is 0.772. The van der Waals surface area contributed by atoms with Gasteiger partial charge in [0.2, 0.25) is 0 Å². The van der Waals surface area contributed by atoms with Gasteiger partial charge < -0.3 is 19.8 Å². The number of furan rings is 1. The molecule has 23 heavy (non-hydrogen) atoms. The fourth-order valence-corrected chi connectivity index (χ4v) is 3.99. The van der Waals surface area contributed by atoms with Gasteiger partial charge in [-0.25, -0.2) is 4.98 Å². The number of thiophene rings is 1. The van der Waals surface area contributed by atoms with Crippen LogP contribution in [0.15, 0.2) is 28.9 Å². The number of aryl methyl sites for hydroxylation is 1. The molecule has 3 aromatic heterocycles. The number of nitrogens with zero attached hydrogens (tertiary/aromatic N) is 1. The number of ether oxygens (including phenoxy) is 1. The summed E-state index contributed by atoms with van der Waals surface area (Å²) >= 11 is 1.39. The molecule has 7 heteroatoms. The summed E-state index contributed by atoms with van der Waals surface area (Å²) < 4.78 is 10.7. The van der Waals surface area contributed by atoms with E-state index >= 15 is 0 Å². The minimum atomic E-state index is -0.389. The van der Waals surface area contributed by atoms with E-state index in [0.29, 0.717) is 17.2 Å². The van der Waals surface area contributed by atoms with Crippen molar-refractivity contribution < 1.29 is 13.9 Å². The number of methoxy groups -OCH3 is 1. The van der Waals surface area contributed by atoms with Crippen molar-refractivity contribution >= 4 is 33.1 Å². The second-order valence-electron chi connectivity index (χ2n) is 5.41. The Labute approximate surface area is 136 Å². The number of amides is 1. The Morgan fingerprint density at radius 2 is 2.30 bits per heavy atom. The predicted octanol–water partition coefficient (Wildman–Crippen LogP) is 3.20. The third kappa shape index (κ3) is 2.29. The van der Waals surface area contributed by atoms with E-state index in [4.69, 9.17) is 9.15 Å². The summed E-state index contributed by atoms with van der Waals surface area (Å²) in [7, 11) is 1.66. The van der Waals surface area contributed by atoms with Crippen LogP contribution in [0.1, 0.15) is 32.9 Å². The maximum atomic E-state index is 12.5. The maximum Gasteiger partial charge on any atom is 0.265 e. The Balaban J connectivity index is 1.89. The summed E-state index contributed by atoms with van der Waals surface area (Å²) in [6.45, 7) is 2.41. The van der Waals surface area contributed by atoms with Crippen molar-refractivity contribution in [1.82, 2.24) is 10.3 Å². The average molecular weight is 329 g/mol. The van der Waals surface area contributed by atoms with E-state index in [9.17, 15) is 4.79 Å². The molecule has 0 aromatic carbocycles. The Hall–Kier alpha value is -2.38. The Morgan fingerprint density at radius 3 is 3.04 bits per heavy atom. The zero-order valence-electron chi connectivity index (χ0n) is 12.7. The number of anilines is 1. The number of fused-ring (bicyclic) bond motifs is 3. The predicted molar refractivity (Wildman–Crippen MR) is 87.6 cm³/mol. The van der Waals surface area contributed by atoms with Gasteiger partial charge in [0.05, 0.1) is 18.6 Å². The standard InChI is InChI=1S/C16H15N3O3S/c1-8-6-9(7-21-2)11-12-13(23-16(11)17-8)15(20)19-14(18-12)10-4-3-5-22-10/h3-6,14,18H,7H2,1-2H3,(H,19,20). The van der Waals surface area contributed by atoms with Gasteiger partial charge in [-0.1, -0.05) is 0 Å². The Bertz CT molecular complexity index is 886. The molecule has 0 bridgehead atoms. The zero-order valence-corrected chi connectivity index (χ0v) is 13.5. The van der Waals surface area contributed by atoms with E-state index in [2.05, 4.69) is 15.6 Å². The molecule has 3 aromatic rings. The van der Waals surface area contributed by atoms with Crippen molar-refractivity contribution in [3.8, 4) is 0 Å². The molecule has 1 aliphatic heterocycles. The van der Waals surface area contributed by atoms with E-state index in [0.717, 1.165) is 27.2 Å². The summed E-state index contributed by atoms with van der Waals surface area (Å²) in [5, 5.41) is 7.22. The van der Waals surface area contributed by atoms with Crippen molar-refractivity contribution in [3.63, 3.8) is 0 Å². The number of hydrogen-bond acceptors (Lipinski definition) is 6. The summed E-state index contributed by atoms with van der Waals surface area (Å²) in [4.78, 5) is 18.5. The highest BCUT2D eigenvalue weighted by Crippen LogP contribution is 2.41. The van der Waals surface area contributed by atoms with Crippen LogP contribution in [-0.4, -0.2) is 18.0 Å². The van der Waals surface area contributed by atoms with Gasteiger partial charge >= 0.3 is 0 Å². The van der Waals surface area contributed by atoms with E-state index < -0.39 is 0 Å². The van der Waals surface area contributed by atoms with E-state index in [1.54, 1.807) is 19.4 Å². The van der Waals surface area contributed by atoms with Crippen LogP contribution in [0, 0.1) is 6.92 Å². The smallest absolute Gasteiger partial charge is 0.265 e. The largest absolute Gasteiger partial charge is 0.465 e. The van der Waals surface area contributed by atoms with Gasteiger partial charge in [0.25, 0.3) is 5.91 Å².